The minimum absolute atomic E-state index is 0.0109. The van der Waals surface area contributed by atoms with Crippen LogP contribution in [-0.2, 0) is 17.8 Å². The van der Waals surface area contributed by atoms with Crippen molar-refractivity contribution in [3.05, 3.63) is 46.5 Å². The fourth-order valence-corrected chi connectivity index (χ4v) is 4.63. The van der Waals surface area contributed by atoms with Crippen LogP contribution in [0.15, 0.2) is 24.3 Å². The summed E-state index contributed by atoms with van der Waals surface area (Å²) in [4.78, 5) is 13.7. The molecule has 0 saturated heterocycles. The highest BCUT2D eigenvalue weighted by Gasteiger charge is 2.37. The molecule has 0 aromatic heterocycles. The number of fused-ring (bicyclic) bond motifs is 4. The zero-order valence-corrected chi connectivity index (χ0v) is 15.7. The molecule has 146 valence electrons. The molecule has 0 bridgehead atoms. The first kappa shape index (κ1) is 17.2. The van der Waals surface area contributed by atoms with Crippen molar-refractivity contribution in [2.45, 2.75) is 31.8 Å². The van der Waals surface area contributed by atoms with Crippen molar-refractivity contribution >= 4 is 5.97 Å². The van der Waals surface area contributed by atoms with E-state index < -0.39 is 5.97 Å². The third kappa shape index (κ3) is 2.57. The summed E-state index contributed by atoms with van der Waals surface area (Å²) in [6.07, 6.45) is -0.0585. The number of ether oxygens (including phenoxy) is 4. The van der Waals surface area contributed by atoms with E-state index in [2.05, 4.69) is 24.9 Å². The predicted molar refractivity (Wildman–Crippen MR) is 99.1 cm³/mol. The van der Waals surface area contributed by atoms with Crippen molar-refractivity contribution in [2.75, 3.05) is 20.6 Å². The van der Waals surface area contributed by atoms with Gasteiger partial charge in [0.05, 0.1) is 6.42 Å². The summed E-state index contributed by atoms with van der Waals surface area (Å²) in [6, 6.07) is 7.81. The standard InChI is InChI=1S/C21H21NO6/c1-11-13-3-4-16-21(28-10-25-16)15(13)8-22(2)20(11)14-7-18-17(26-9-27-18)5-12(14)6-19(23)24/h3-5,7,11,20H,6,8-10H2,1-2H3,(H,23,24)/t11-,20-/m0/s1. The Morgan fingerprint density at radius 2 is 1.79 bits per heavy atom. The highest BCUT2D eigenvalue weighted by molar-refractivity contribution is 5.72. The van der Waals surface area contributed by atoms with Crippen molar-refractivity contribution in [3.8, 4) is 23.0 Å². The number of rotatable bonds is 3. The lowest BCUT2D eigenvalue weighted by atomic mass is 9.79. The maximum Gasteiger partial charge on any atom is 0.307 e. The minimum atomic E-state index is -0.866. The van der Waals surface area contributed by atoms with Gasteiger partial charge in [-0.1, -0.05) is 13.0 Å². The van der Waals surface area contributed by atoms with E-state index in [1.54, 1.807) is 0 Å². The first-order chi connectivity index (χ1) is 13.5. The van der Waals surface area contributed by atoms with Crippen molar-refractivity contribution in [3.63, 3.8) is 0 Å². The molecule has 2 aromatic rings. The van der Waals surface area contributed by atoms with Gasteiger partial charge in [-0.25, -0.2) is 0 Å². The number of carboxylic acids is 1. The van der Waals surface area contributed by atoms with Gasteiger partial charge in [0, 0.05) is 24.1 Å². The smallest absolute Gasteiger partial charge is 0.307 e. The summed E-state index contributed by atoms with van der Waals surface area (Å²) < 4.78 is 22.3. The molecule has 0 spiro atoms. The number of aliphatic carboxylic acids is 1. The van der Waals surface area contributed by atoms with Crippen LogP contribution >= 0.6 is 0 Å². The summed E-state index contributed by atoms with van der Waals surface area (Å²) in [5.41, 5.74) is 4.06. The van der Waals surface area contributed by atoms with E-state index in [4.69, 9.17) is 18.9 Å². The van der Waals surface area contributed by atoms with Crippen molar-refractivity contribution in [1.29, 1.82) is 0 Å². The zero-order chi connectivity index (χ0) is 19.4. The van der Waals surface area contributed by atoms with Crippen molar-refractivity contribution in [1.82, 2.24) is 4.90 Å². The molecule has 0 saturated carbocycles. The van der Waals surface area contributed by atoms with Crippen LogP contribution in [0.1, 0.15) is 41.1 Å². The lowest BCUT2D eigenvalue weighted by Crippen LogP contribution is -2.34. The molecule has 3 aliphatic heterocycles. The molecule has 0 fully saturated rings. The molecule has 3 heterocycles. The second kappa shape index (κ2) is 6.31. The van der Waals surface area contributed by atoms with Gasteiger partial charge in [-0.15, -0.1) is 0 Å². The number of hydrogen-bond donors (Lipinski definition) is 1. The molecular weight excluding hydrogens is 362 g/mol. The fourth-order valence-electron chi connectivity index (χ4n) is 4.63. The number of nitrogens with zero attached hydrogens (tertiary/aromatic N) is 1. The molecule has 0 unspecified atom stereocenters. The van der Waals surface area contributed by atoms with E-state index >= 15 is 0 Å². The first-order valence-electron chi connectivity index (χ1n) is 9.28. The van der Waals surface area contributed by atoms with Gasteiger partial charge in [0.1, 0.15) is 0 Å². The van der Waals surface area contributed by atoms with Crippen LogP contribution in [0.25, 0.3) is 0 Å². The topological polar surface area (TPSA) is 77.5 Å². The third-order valence-corrected chi connectivity index (χ3v) is 5.82. The van der Waals surface area contributed by atoms with E-state index in [0.717, 1.165) is 28.2 Å². The highest BCUT2D eigenvalue weighted by atomic mass is 16.7. The van der Waals surface area contributed by atoms with Gasteiger partial charge >= 0.3 is 5.97 Å². The van der Waals surface area contributed by atoms with Gasteiger partial charge in [-0.05, 0) is 41.9 Å². The second-order valence-electron chi connectivity index (χ2n) is 7.49. The number of likely N-dealkylation sites (N-methyl/N-ethyl adjacent to an activating group) is 1. The van der Waals surface area contributed by atoms with Gasteiger partial charge < -0.3 is 24.1 Å². The van der Waals surface area contributed by atoms with E-state index in [0.29, 0.717) is 18.0 Å². The Morgan fingerprint density at radius 1 is 1.07 bits per heavy atom. The van der Waals surface area contributed by atoms with Gasteiger partial charge in [0.2, 0.25) is 13.6 Å². The van der Waals surface area contributed by atoms with E-state index in [1.165, 1.54) is 5.56 Å². The largest absolute Gasteiger partial charge is 0.481 e. The Kier molecular flexibility index (Phi) is 3.87. The lowest BCUT2D eigenvalue weighted by molar-refractivity contribution is -0.136. The molecular formula is C21H21NO6. The molecule has 28 heavy (non-hydrogen) atoms. The highest BCUT2D eigenvalue weighted by Crippen LogP contribution is 2.50. The lowest BCUT2D eigenvalue weighted by Gasteiger charge is -2.40. The van der Waals surface area contributed by atoms with Crippen LogP contribution in [0.2, 0.25) is 0 Å². The molecule has 1 N–H and O–H groups in total. The normalized spacial score (nSPS) is 22.2. The number of hydrogen-bond acceptors (Lipinski definition) is 6. The average Bonchev–Trinajstić information content (AvgIpc) is 3.29. The molecule has 7 heteroatoms. The summed E-state index contributed by atoms with van der Waals surface area (Å²) in [5, 5.41) is 9.42. The Labute approximate surface area is 162 Å². The van der Waals surface area contributed by atoms with E-state index in [1.807, 2.05) is 18.2 Å². The quantitative estimate of drug-likeness (QED) is 0.873. The maximum absolute atomic E-state index is 11.5. The Hall–Kier alpha value is -2.93. The second-order valence-corrected chi connectivity index (χ2v) is 7.49. The average molecular weight is 383 g/mol. The maximum atomic E-state index is 11.5. The van der Waals surface area contributed by atoms with Gasteiger partial charge in [0.15, 0.2) is 23.0 Å². The molecule has 2 aromatic carbocycles. The van der Waals surface area contributed by atoms with Crippen molar-refractivity contribution in [2.24, 2.45) is 0 Å². The molecule has 2 atom stereocenters. The molecule has 0 radical (unpaired) electrons. The van der Waals surface area contributed by atoms with Gasteiger partial charge in [-0.2, -0.15) is 0 Å². The molecule has 3 aliphatic rings. The monoisotopic (exact) mass is 383 g/mol. The van der Waals surface area contributed by atoms with Gasteiger partial charge in [-0.3, -0.25) is 9.69 Å². The molecule has 0 aliphatic carbocycles. The fraction of sp³-hybridized carbons (Fsp3) is 0.381. The molecule has 5 rings (SSSR count). The number of carbonyl (C=O) groups is 1. The summed E-state index contributed by atoms with van der Waals surface area (Å²) >= 11 is 0. The van der Waals surface area contributed by atoms with Crippen LogP contribution in [0, 0.1) is 0 Å². The Balaban J connectivity index is 1.61. The Morgan fingerprint density at radius 3 is 2.57 bits per heavy atom. The SMILES string of the molecule is C[C@H]1c2ccc3c(c2CN(C)[C@@H]1c1cc2c(cc1CC(=O)O)OCO2)OCO3. The van der Waals surface area contributed by atoms with Crippen LogP contribution in [0.5, 0.6) is 23.0 Å². The third-order valence-electron chi connectivity index (χ3n) is 5.82. The summed E-state index contributed by atoms with van der Waals surface area (Å²) in [7, 11) is 2.05. The van der Waals surface area contributed by atoms with Crippen molar-refractivity contribution < 1.29 is 28.8 Å². The van der Waals surface area contributed by atoms with Crippen LogP contribution in [-0.4, -0.2) is 36.6 Å². The van der Waals surface area contributed by atoms with E-state index in [9.17, 15) is 9.90 Å². The van der Waals surface area contributed by atoms with Crippen LogP contribution in [0.4, 0.5) is 0 Å². The molecule has 7 nitrogen and oxygen atoms in total. The first-order valence-corrected chi connectivity index (χ1v) is 9.28. The summed E-state index contributed by atoms with van der Waals surface area (Å²) in [5.74, 6) is 2.15. The molecule has 0 amide bonds. The zero-order valence-electron chi connectivity index (χ0n) is 15.7. The van der Waals surface area contributed by atoms with Crippen LogP contribution < -0.4 is 18.9 Å². The van der Waals surface area contributed by atoms with Gasteiger partial charge in [0.25, 0.3) is 0 Å². The Bertz CT molecular complexity index is 972. The number of carboxylic acid groups (broad SMARTS) is 1. The van der Waals surface area contributed by atoms with E-state index in [-0.39, 0.29) is 32.0 Å². The number of benzene rings is 2. The minimum Gasteiger partial charge on any atom is -0.481 e. The predicted octanol–water partition coefficient (Wildman–Crippen LogP) is 3.06. The van der Waals surface area contributed by atoms with Crippen LogP contribution in [0.3, 0.4) is 0 Å². The summed E-state index contributed by atoms with van der Waals surface area (Å²) in [6.45, 7) is 3.26.